The first-order valence-electron chi connectivity index (χ1n) is 5.46. The molecule has 0 radical (unpaired) electrons. The van der Waals surface area contributed by atoms with Gasteiger partial charge in [-0.2, -0.15) is 0 Å². The largest absolute Gasteiger partial charge is 0.673 e. The SMILES string of the molecule is F[B-](F)(F)F.[C+]1=Cc2c(cnc3ccccc23)C=C1. The predicted molar refractivity (Wildman–Crippen MR) is 68.7 cm³/mol. The molecule has 3 rings (SSSR count). The van der Waals surface area contributed by atoms with Gasteiger partial charge < -0.3 is 17.3 Å². The van der Waals surface area contributed by atoms with Gasteiger partial charge in [-0.15, -0.1) is 0 Å². The quantitative estimate of drug-likeness (QED) is 0.391. The molecule has 1 nitrogen and oxygen atoms in total. The average Bonchev–Trinajstić information content (AvgIpc) is 2.37. The summed E-state index contributed by atoms with van der Waals surface area (Å²) < 4.78 is 39.0. The monoisotopic (exact) mass is 265 g/mol. The molecule has 1 aliphatic rings. The van der Waals surface area contributed by atoms with E-state index >= 15 is 0 Å². The maximum atomic E-state index is 9.75. The Bertz CT molecular complexity index is 641. The Morgan fingerprint density at radius 1 is 1.05 bits per heavy atom. The molecule has 0 saturated carbocycles. The molecule has 0 unspecified atom stereocenters. The Morgan fingerprint density at radius 3 is 2.47 bits per heavy atom. The molecule has 1 heterocycles. The van der Waals surface area contributed by atoms with E-state index < -0.39 is 7.25 Å². The minimum Gasteiger partial charge on any atom is -0.418 e. The van der Waals surface area contributed by atoms with Crippen LogP contribution in [-0.2, 0) is 0 Å². The third-order valence-corrected chi connectivity index (χ3v) is 2.43. The summed E-state index contributed by atoms with van der Waals surface area (Å²) >= 11 is 0. The van der Waals surface area contributed by atoms with Crippen molar-refractivity contribution in [1.82, 2.24) is 4.98 Å². The van der Waals surface area contributed by atoms with Gasteiger partial charge in [0.1, 0.15) is 23.3 Å². The number of hydrogen-bond acceptors (Lipinski definition) is 1. The van der Waals surface area contributed by atoms with Crippen LogP contribution in [0.2, 0.25) is 0 Å². The molecule has 0 spiro atoms. The molecule has 6 heteroatoms. The van der Waals surface area contributed by atoms with E-state index in [-0.39, 0.29) is 0 Å². The topological polar surface area (TPSA) is 12.9 Å². The van der Waals surface area contributed by atoms with Crippen molar-refractivity contribution in [2.24, 2.45) is 0 Å². The molecule has 1 aliphatic carbocycles. The summed E-state index contributed by atoms with van der Waals surface area (Å²) in [5.41, 5.74) is 3.43. The van der Waals surface area contributed by atoms with Crippen molar-refractivity contribution >= 4 is 30.3 Å². The summed E-state index contributed by atoms with van der Waals surface area (Å²) in [5, 5.41) is 1.20. The van der Waals surface area contributed by atoms with E-state index in [0.29, 0.717) is 0 Å². The van der Waals surface area contributed by atoms with Crippen molar-refractivity contribution in [2.75, 3.05) is 0 Å². The standard InChI is InChI=1S/C13H8N.BF4/c1-2-6-11-10(5-1)9-14-13-8-4-3-7-12(11)13;2-1(3,4)5/h1,3-9H;/q+1;-1. The molecule has 0 bridgehead atoms. The fraction of sp³-hybridized carbons (Fsp3) is 0. The van der Waals surface area contributed by atoms with Crippen LogP contribution in [0.1, 0.15) is 11.1 Å². The number of halogens is 4. The lowest BCUT2D eigenvalue weighted by Gasteiger charge is -2.00. The zero-order chi connectivity index (χ0) is 13.9. The van der Waals surface area contributed by atoms with Crippen LogP contribution in [0.5, 0.6) is 0 Å². The second kappa shape index (κ2) is 5.20. The Hall–Kier alpha value is -2.20. The highest BCUT2D eigenvalue weighted by Gasteiger charge is 2.20. The molecule has 0 atom stereocenters. The number of hydrogen-bond donors (Lipinski definition) is 0. The fourth-order valence-corrected chi connectivity index (χ4v) is 1.74. The van der Waals surface area contributed by atoms with Gasteiger partial charge in [-0.3, -0.25) is 4.98 Å². The molecule has 0 amide bonds. The first kappa shape index (κ1) is 13.2. The van der Waals surface area contributed by atoms with Gasteiger partial charge in [-0.1, -0.05) is 12.1 Å². The number of para-hydroxylation sites is 1. The van der Waals surface area contributed by atoms with Gasteiger partial charge in [-0.05, 0) is 12.1 Å². The summed E-state index contributed by atoms with van der Waals surface area (Å²) in [5.74, 6) is 0. The molecule has 2 aromatic rings. The summed E-state index contributed by atoms with van der Waals surface area (Å²) in [6.07, 6.45) is 11.0. The summed E-state index contributed by atoms with van der Waals surface area (Å²) in [6, 6.07) is 8.17. The molecule has 0 saturated heterocycles. The highest BCUT2D eigenvalue weighted by molar-refractivity contribution is 6.50. The molecular formula is C13H8BF4N. The summed E-state index contributed by atoms with van der Waals surface area (Å²) in [4.78, 5) is 4.40. The van der Waals surface area contributed by atoms with Gasteiger partial charge in [0.05, 0.1) is 23.2 Å². The van der Waals surface area contributed by atoms with Crippen molar-refractivity contribution in [1.29, 1.82) is 0 Å². The Balaban J connectivity index is 0.000000232. The highest BCUT2D eigenvalue weighted by atomic mass is 19.5. The minimum absolute atomic E-state index is 1.04. The number of aromatic nitrogens is 1. The molecule has 1 aromatic heterocycles. The van der Waals surface area contributed by atoms with Crippen molar-refractivity contribution in [3.05, 3.63) is 53.7 Å². The van der Waals surface area contributed by atoms with E-state index in [4.69, 9.17) is 0 Å². The number of benzene rings is 1. The fourth-order valence-electron chi connectivity index (χ4n) is 1.74. The normalized spacial score (nSPS) is 12.4. The van der Waals surface area contributed by atoms with Gasteiger partial charge >= 0.3 is 7.25 Å². The lowest BCUT2D eigenvalue weighted by molar-refractivity contribution is 0.368. The van der Waals surface area contributed by atoms with Crippen molar-refractivity contribution in [3.8, 4) is 0 Å². The average molecular weight is 265 g/mol. The van der Waals surface area contributed by atoms with Crippen LogP contribution in [0.4, 0.5) is 17.3 Å². The van der Waals surface area contributed by atoms with E-state index in [2.05, 4.69) is 17.1 Å². The van der Waals surface area contributed by atoms with E-state index in [9.17, 15) is 17.3 Å². The van der Waals surface area contributed by atoms with Crippen LogP contribution >= 0.6 is 0 Å². The number of pyridine rings is 1. The van der Waals surface area contributed by atoms with Crippen LogP contribution < -0.4 is 0 Å². The van der Waals surface area contributed by atoms with Crippen LogP contribution in [-0.4, -0.2) is 12.2 Å². The van der Waals surface area contributed by atoms with E-state index in [1.165, 1.54) is 16.5 Å². The van der Waals surface area contributed by atoms with Gasteiger partial charge in [-0.25, -0.2) is 0 Å². The maximum Gasteiger partial charge on any atom is 0.673 e. The van der Waals surface area contributed by atoms with Gasteiger partial charge in [0.15, 0.2) is 0 Å². The van der Waals surface area contributed by atoms with Gasteiger partial charge in [0.2, 0.25) is 0 Å². The van der Waals surface area contributed by atoms with Crippen LogP contribution in [0, 0.1) is 6.08 Å². The van der Waals surface area contributed by atoms with Crippen LogP contribution in [0.3, 0.4) is 0 Å². The first-order valence-corrected chi connectivity index (χ1v) is 5.46. The number of nitrogens with zero attached hydrogens (tertiary/aromatic N) is 1. The smallest absolute Gasteiger partial charge is 0.418 e. The number of rotatable bonds is 0. The van der Waals surface area contributed by atoms with Crippen molar-refractivity contribution in [2.45, 2.75) is 0 Å². The van der Waals surface area contributed by atoms with Crippen LogP contribution in [0.25, 0.3) is 23.1 Å². The summed E-state index contributed by atoms with van der Waals surface area (Å²) in [6.45, 7) is 0. The van der Waals surface area contributed by atoms with E-state index in [1.54, 1.807) is 0 Å². The summed E-state index contributed by atoms with van der Waals surface area (Å²) in [7, 11) is -6.00. The van der Waals surface area contributed by atoms with Gasteiger partial charge in [0, 0.05) is 6.08 Å². The minimum atomic E-state index is -6.00. The lowest BCUT2D eigenvalue weighted by Crippen LogP contribution is -2.02. The third kappa shape index (κ3) is 3.63. The second-order valence-electron chi connectivity index (χ2n) is 3.78. The van der Waals surface area contributed by atoms with E-state index in [1.807, 2.05) is 42.6 Å². The molecule has 0 N–H and O–H groups in total. The maximum absolute atomic E-state index is 9.75. The molecule has 19 heavy (non-hydrogen) atoms. The number of allylic oxidation sites excluding steroid dienone is 2. The predicted octanol–water partition coefficient (Wildman–Crippen LogP) is 4.38. The second-order valence-corrected chi connectivity index (χ2v) is 3.78. The zero-order valence-electron chi connectivity index (χ0n) is 9.66. The van der Waals surface area contributed by atoms with Gasteiger partial charge in [0.25, 0.3) is 0 Å². The third-order valence-electron chi connectivity index (χ3n) is 2.43. The highest BCUT2D eigenvalue weighted by Crippen LogP contribution is 2.24. The molecule has 96 valence electrons. The van der Waals surface area contributed by atoms with E-state index in [0.717, 1.165) is 5.52 Å². The van der Waals surface area contributed by atoms with Crippen molar-refractivity contribution < 1.29 is 17.3 Å². The zero-order valence-corrected chi connectivity index (χ0v) is 9.66. The molecular weight excluding hydrogens is 257 g/mol. The first-order chi connectivity index (χ1) is 8.95. The molecule has 0 fully saturated rings. The number of fused-ring (bicyclic) bond motifs is 3. The Kier molecular flexibility index (Phi) is 3.63. The van der Waals surface area contributed by atoms with Crippen LogP contribution in [0.15, 0.2) is 36.5 Å². The Labute approximate surface area is 107 Å². The van der Waals surface area contributed by atoms with Crippen molar-refractivity contribution in [3.63, 3.8) is 0 Å². The lowest BCUT2D eigenvalue weighted by atomic mass is 10.0. The Morgan fingerprint density at radius 2 is 1.74 bits per heavy atom. The molecule has 0 aliphatic heterocycles. The molecule has 1 aromatic carbocycles.